The van der Waals surface area contributed by atoms with Crippen LogP contribution in [0.4, 0.5) is 4.39 Å². The van der Waals surface area contributed by atoms with Gasteiger partial charge in [0.05, 0.1) is 12.2 Å². The molecule has 0 atom stereocenters. The number of benzene rings is 1. The summed E-state index contributed by atoms with van der Waals surface area (Å²) in [4.78, 5) is 33.3. The molecule has 2 heterocycles. The van der Waals surface area contributed by atoms with Crippen LogP contribution in [0.3, 0.4) is 0 Å². The van der Waals surface area contributed by atoms with Crippen molar-refractivity contribution >= 4 is 23.2 Å². The van der Waals surface area contributed by atoms with Gasteiger partial charge in [-0.1, -0.05) is 12.8 Å². The highest BCUT2D eigenvalue weighted by atomic mass is 32.1. The fourth-order valence-corrected chi connectivity index (χ4v) is 4.91. The molecule has 0 unspecified atom stereocenters. The first-order valence-corrected chi connectivity index (χ1v) is 11.4. The zero-order valence-corrected chi connectivity index (χ0v) is 17.8. The molecule has 1 saturated heterocycles. The lowest BCUT2D eigenvalue weighted by Gasteiger charge is -2.34. The van der Waals surface area contributed by atoms with Gasteiger partial charge >= 0.3 is 0 Å². The first-order chi connectivity index (χ1) is 14.6. The molecule has 160 valence electrons. The fraction of sp³-hybridized carbons (Fsp3) is 0.500. The third kappa shape index (κ3) is 5.23. The van der Waals surface area contributed by atoms with Crippen LogP contribution in [0, 0.1) is 11.7 Å². The van der Waals surface area contributed by atoms with Gasteiger partial charge in [-0.3, -0.25) is 14.5 Å². The summed E-state index contributed by atoms with van der Waals surface area (Å²) in [7, 11) is 0. The molecular formula is C22H27FN4O2S. The number of hydrogen-bond donors (Lipinski definition) is 1. The van der Waals surface area contributed by atoms with E-state index in [1.807, 2.05) is 10.3 Å². The van der Waals surface area contributed by atoms with E-state index in [0.717, 1.165) is 61.6 Å². The Morgan fingerprint density at radius 2 is 1.80 bits per heavy atom. The van der Waals surface area contributed by atoms with Crippen molar-refractivity contribution in [1.29, 1.82) is 0 Å². The van der Waals surface area contributed by atoms with Crippen LogP contribution in [0.15, 0.2) is 29.6 Å². The zero-order valence-electron chi connectivity index (χ0n) is 17.0. The minimum atomic E-state index is -0.249. The van der Waals surface area contributed by atoms with Crippen molar-refractivity contribution in [2.45, 2.75) is 32.2 Å². The van der Waals surface area contributed by atoms with Gasteiger partial charge in [0.2, 0.25) is 11.8 Å². The molecule has 1 aromatic carbocycles. The predicted octanol–water partition coefficient (Wildman–Crippen LogP) is 2.90. The Labute approximate surface area is 180 Å². The number of nitrogens with zero attached hydrogens (tertiary/aromatic N) is 3. The van der Waals surface area contributed by atoms with Crippen molar-refractivity contribution in [2.24, 2.45) is 5.92 Å². The number of amides is 2. The van der Waals surface area contributed by atoms with Crippen molar-refractivity contribution in [1.82, 2.24) is 20.1 Å². The lowest BCUT2D eigenvalue weighted by Crippen LogP contribution is -2.51. The van der Waals surface area contributed by atoms with E-state index >= 15 is 0 Å². The second-order valence-electron chi connectivity index (χ2n) is 8.01. The van der Waals surface area contributed by atoms with E-state index in [9.17, 15) is 14.0 Å². The number of thiazole rings is 1. The molecule has 30 heavy (non-hydrogen) atoms. The molecule has 1 aromatic heterocycles. The summed E-state index contributed by atoms with van der Waals surface area (Å²) in [6.45, 7) is 3.72. The molecule has 4 rings (SSSR count). The summed E-state index contributed by atoms with van der Waals surface area (Å²) >= 11 is 1.56. The molecule has 1 aliphatic heterocycles. The van der Waals surface area contributed by atoms with Gasteiger partial charge in [-0.15, -0.1) is 11.3 Å². The van der Waals surface area contributed by atoms with E-state index < -0.39 is 0 Å². The van der Waals surface area contributed by atoms with Gasteiger partial charge in [0.1, 0.15) is 10.8 Å². The van der Waals surface area contributed by atoms with E-state index in [0.29, 0.717) is 13.1 Å². The van der Waals surface area contributed by atoms with E-state index in [2.05, 4.69) is 15.2 Å². The van der Waals surface area contributed by atoms with Crippen LogP contribution in [-0.4, -0.2) is 59.3 Å². The van der Waals surface area contributed by atoms with Gasteiger partial charge in [-0.2, -0.15) is 0 Å². The van der Waals surface area contributed by atoms with Crippen molar-refractivity contribution in [3.05, 3.63) is 41.2 Å². The number of hydrogen-bond acceptors (Lipinski definition) is 5. The highest BCUT2D eigenvalue weighted by Crippen LogP contribution is 2.25. The highest BCUT2D eigenvalue weighted by molar-refractivity contribution is 7.13. The maximum Gasteiger partial charge on any atom is 0.242 e. The molecule has 6 nitrogen and oxygen atoms in total. The van der Waals surface area contributed by atoms with Crippen LogP contribution in [0.1, 0.15) is 31.4 Å². The Balaban J connectivity index is 1.21. The van der Waals surface area contributed by atoms with Crippen LogP contribution in [0.25, 0.3) is 10.6 Å². The molecule has 2 fully saturated rings. The van der Waals surface area contributed by atoms with Crippen LogP contribution in [0.5, 0.6) is 0 Å². The Kier molecular flexibility index (Phi) is 6.74. The number of nitrogens with one attached hydrogen (secondary N) is 1. The van der Waals surface area contributed by atoms with Gasteiger partial charge in [0.25, 0.3) is 0 Å². The third-order valence-electron chi connectivity index (χ3n) is 5.89. The van der Waals surface area contributed by atoms with Crippen molar-refractivity contribution in [3.8, 4) is 10.6 Å². The number of aromatic nitrogens is 1. The Bertz CT molecular complexity index is 872. The summed E-state index contributed by atoms with van der Waals surface area (Å²) in [5.74, 6) is -0.137. The molecule has 2 aliphatic rings. The van der Waals surface area contributed by atoms with Crippen LogP contribution in [-0.2, 0) is 16.1 Å². The van der Waals surface area contributed by atoms with Gasteiger partial charge in [0.15, 0.2) is 0 Å². The van der Waals surface area contributed by atoms with E-state index in [4.69, 9.17) is 0 Å². The standard InChI is InChI=1S/C22H27FN4O2S/c23-18-7-5-17(6-8-18)22-25-19(15-30-22)14-26-9-11-27(12-10-26)20(28)13-24-21(29)16-3-1-2-4-16/h5-8,15-16H,1-4,9-14H2,(H,24,29). The van der Waals surface area contributed by atoms with Crippen molar-refractivity contribution in [3.63, 3.8) is 0 Å². The largest absolute Gasteiger partial charge is 0.347 e. The normalized spacial score (nSPS) is 18.0. The lowest BCUT2D eigenvalue weighted by atomic mass is 10.1. The molecule has 2 amide bonds. The molecule has 1 aliphatic carbocycles. The predicted molar refractivity (Wildman–Crippen MR) is 114 cm³/mol. The Morgan fingerprint density at radius 1 is 1.10 bits per heavy atom. The minimum absolute atomic E-state index is 0.00625. The number of carbonyl (C=O) groups is 2. The van der Waals surface area contributed by atoms with E-state index in [-0.39, 0.29) is 30.1 Å². The molecule has 8 heteroatoms. The van der Waals surface area contributed by atoms with Gasteiger partial charge in [-0.05, 0) is 37.1 Å². The number of halogens is 1. The topological polar surface area (TPSA) is 65.5 Å². The molecule has 1 saturated carbocycles. The first-order valence-electron chi connectivity index (χ1n) is 10.6. The highest BCUT2D eigenvalue weighted by Gasteiger charge is 2.25. The third-order valence-corrected chi connectivity index (χ3v) is 6.83. The lowest BCUT2D eigenvalue weighted by molar-refractivity contribution is -0.135. The second-order valence-corrected chi connectivity index (χ2v) is 8.87. The molecule has 0 radical (unpaired) electrons. The monoisotopic (exact) mass is 430 g/mol. The fourth-order valence-electron chi connectivity index (χ4n) is 4.10. The summed E-state index contributed by atoms with van der Waals surface area (Å²) in [6.07, 6.45) is 4.10. The Hall–Kier alpha value is -2.32. The Morgan fingerprint density at radius 3 is 2.50 bits per heavy atom. The van der Waals surface area contributed by atoms with E-state index in [1.54, 1.807) is 23.5 Å². The quantitative estimate of drug-likeness (QED) is 0.765. The van der Waals surface area contributed by atoms with Crippen LogP contribution in [0.2, 0.25) is 0 Å². The maximum absolute atomic E-state index is 13.1. The molecule has 0 spiro atoms. The average Bonchev–Trinajstić information content (AvgIpc) is 3.45. The van der Waals surface area contributed by atoms with Gasteiger partial charge in [-0.25, -0.2) is 9.37 Å². The van der Waals surface area contributed by atoms with Crippen molar-refractivity contribution in [2.75, 3.05) is 32.7 Å². The number of carbonyl (C=O) groups excluding carboxylic acids is 2. The minimum Gasteiger partial charge on any atom is -0.347 e. The van der Waals surface area contributed by atoms with Crippen LogP contribution >= 0.6 is 11.3 Å². The van der Waals surface area contributed by atoms with E-state index in [1.165, 1.54) is 12.1 Å². The molecule has 2 aromatic rings. The summed E-state index contributed by atoms with van der Waals surface area (Å²) in [6, 6.07) is 6.38. The summed E-state index contributed by atoms with van der Waals surface area (Å²) in [5, 5.41) is 5.74. The maximum atomic E-state index is 13.1. The van der Waals surface area contributed by atoms with Crippen molar-refractivity contribution < 1.29 is 14.0 Å². The zero-order chi connectivity index (χ0) is 20.9. The molecule has 0 bridgehead atoms. The first kappa shape index (κ1) is 20.9. The van der Waals surface area contributed by atoms with Gasteiger partial charge in [0, 0.05) is 49.6 Å². The SMILES string of the molecule is O=C(NCC(=O)N1CCN(Cc2csc(-c3ccc(F)cc3)n2)CC1)C1CCCC1. The smallest absolute Gasteiger partial charge is 0.242 e. The summed E-state index contributed by atoms with van der Waals surface area (Å²) < 4.78 is 13.1. The molecular weight excluding hydrogens is 403 g/mol. The average molecular weight is 431 g/mol. The number of rotatable bonds is 6. The number of piperazine rings is 1. The van der Waals surface area contributed by atoms with Crippen LogP contribution < -0.4 is 5.32 Å². The molecule has 1 N–H and O–H groups in total. The summed E-state index contributed by atoms with van der Waals surface area (Å²) in [5.41, 5.74) is 1.91. The van der Waals surface area contributed by atoms with Gasteiger partial charge < -0.3 is 10.2 Å². The second kappa shape index (κ2) is 9.66.